The van der Waals surface area contributed by atoms with Gasteiger partial charge in [0, 0.05) is 17.7 Å². The van der Waals surface area contributed by atoms with Crippen molar-refractivity contribution < 1.29 is 9.90 Å². The molecule has 108 valence electrons. The molecular formula is C15H20N2O2S. The van der Waals surface area contributed by atoms with Gasteiger partial charge in [0.15, 0.2) is 0 Å². The van der Waals surface area contributed by atoms with E-state index in [2.05, 4.69) is 36.6 Å². The minimum Gasteiger partial charge on any atom is -0.478 e. The molecule has 1 aromatic carbocycles. The van der Waals surface area contributed by atoms with E-state index in [0.717, 1.165) is 29.2 Å². The first-order chi connectivity index (χ1) is 9.34. The second kappa shape index (κ2) is 5.48. The molecule has 0 spiro atoms. The fourth-order valence-corrected chi connectivity index (χ4v) is 2.61. The first-order valence-electron chi connectivity index (χ1n) is 6.57. The van der Waals surface area contributed by atoms with Gasteiger partial charge in [-0.2, -0.15) is 11.8 Å². The third kappa shape index (κ3) is 2.82. The zero-order valence-electron chi connectivity index (χ0n) is 12.3. The van der Waals surface area contributed by atoms with Crippen LogP contribution in [0, 0.1) is 0 Å². The van der Waals surface area contributed by atoms with Gasteiger partial charge in [-0.15, -0.1) is 0 Å². The SMILES string of the molecule is CSCCn1c(C(C)(C)C)nc2cc(C(=O)O)ccc21. The van der Waals surface area contributed by atoms with Crippen molar-refractivity contribution in [3.8, 4) is 0 Å². The maximum Gasteiger partial charge on any atom is 0.335 e. The fraction of sp³-hybridized carbons (Fsp3) is 0.467. The highest BCUT2D eigenvalue weighted by Gasteiger charge is 2.23. The van der Waals surface area contributed by atoms with Gasteiger partial charge in [-0.25, -0.2) is 9.78 Å². The van der Waals surface area contributed by atoms with E-state index < -0.39 is 5.97 Å². The van der Waals surface area contributed by atoms with Crippen molar-refractivity contribution in [1.82, 2.24) is 9.55 Å². The average Bonchev–Trinajstić information content (AvgIpc) is 2.73. The van der Waals surface area contributed by atoms with E-state index in [1.807, 2.05) is 6.07 Å². The highest BCUT2D eigenvalue weighted by Crippen LogP contribution is 2.27. The molecule has 1 heterocycles. The average molecular weight is 292 g/mol. The molecule has 0 aliphatic carbocycles. The van der Waals surface area contributed by atoms with Crippen LogP contribution in [-0.2, 0) is 12.0 Å². The fourth-order valence-electron chi connectivity index (χ4n) is 2.24. The van der Waals surface area contributed by atoms with Crippen LogP contribution >= 0.6 is 11.8 Å². The Labute approximate surface area is 123 Å². The van der Waals surface area contributed by atoms with Gasteiger partial charge in [-0.05, 0) is 24.5 Å². The molecule has 0 fully saturated rings. The van der Waals surface area contributed by atoms with Crippen molar-refractivity contribution in [1.29, 1.82) is 0 Å². The van der Waals surface area contributed by atoms with Gasteiger partial charge in [0.25, 0.3) is 0 Å². The molecule has 1 aromatic heterocycles. The van der Waals surface area contributed by atoms with Crippen molar-refractivity contribution in [3.63, 3.8) is 0 Å². The normalized spacial score (nSPS) is 12.0. The number of carboxylic acid groups (broad SMARTS) is 1. The largest absolute Gasteiger partial charge is 0.478 e. The standard InChI is InChI=1S/C15H20N2O2S/c1-15(2,3)14-16-11-9-10(13(18)19)5-6-12(11)17(14)7-8-20-4/h5-6,9H,7-8H2,1-4H3,(H,18,19). The molecule has 0 amide bonds. The number of fused-ring (bicyclic) bond motifs is 1. The zero-order valence-corrected chi connectivity index (χ0v) is 13.1. The maximum absolute atomic E-state index is 11.1. The van der Waals surface area contributed by atoms with E-state index in [0.29, 0.717) is 0 Å². The van der Waals surface area contributed by atoms with Crippen molar-refractivity contribution in [2.75, 3.05) is 12.0 Å². The van der Waals surface area contributed by atoms with Crippen LogP contribution in [0.2, 0.25) is 0 Å². The number of aryl methyl sites for hydroxylation is 1. The number of imidazole rings is 1. The quantitative estimate of drug-likeness (QED) is 0.938. The van der Waals surface area contributed by atoms with E-state index in [1.165, 1.54) is 0 Å². The topological polar surface area (TPSA) is 55.1 Å². The summed E-state index contributed by atoms with van der Waals surface area (Å²) in [6, 6.07) is 5.16. The summed E-state index contributed by atoms with van der Waals surface area (Å²) >= 11 is 1.79. The number of carboxylic acids is 1. The molecule has 5 heteroatoms. The first-order valence-corrected chi connectivity index (χ1v) is 7.97. The Morgan fingerprint density at radius 2 is 2.10 bits per heavy atom. The first kappa shape index (κ1) is 14.9. The van der Waals surface area contributed by atoms with Crippen molar-refractivity contribution in [2.24, 2.45) is 0 Å². The van der Waals surface area contributed by atoms with E-state index in [9.17, 15) is 4.79 Å². The maximum atomic E-state index is 11.1. The number of nitrogens with zero attached hydrogens (tertiary/aromatic N) is 2. The van der Waals surface area contributed by atoms with E-state index in [4.69, 9.17) is 5.11 Å². The Bertz CT molecular complexity index is 641. The molecule has 0 aliphatic rings. The summed E-state index contributed by atoms with van der Waals surface area (Å²) < 4.78 is 2.21. The molecule has 0 saturated heterocycles. The lowest BCUT2D eigenvalue weighted by Gasteiger charge is -2.20. The van der Waals surface area contributed by atoms with Gasteiger partial charge >= 0.3 is 5.97 Å². The smallest absolute Gasteiger partial charge is 0.335 e. The van der Waals surface area contributed by atoms with Gasteiger partial charge < -0.3 is 9.67 Å². The molecule has 0 bridgehead atoms. The molecule has 0 aliphatic heterocycles. The van der Waals surface area contributed by atoms with Gasteiger partial charge in [0.2, 0.25) is 0 Å². The van der Waals surface area contributed by atoms with Gasteiger partial charge in [0.05, 0.1) is 16.6 Å². The summed E-state index contributed by atoms with van der Waals surface area (Å²) in [6.45, 7) is 7.27. The molecule has 4 nitrogen and oxygen atoms in total. The van der Waals surface area contributed by atoms with E-state index in [-0.39, 0.29) is 11.0 Å². The Kier molecular flexibility index (Phi) is 4.09. The monoisotopic (exact) mass is 292 g/mol. The second-order valence-electron chi connectivity index (χ2n) is 5.84. The third-order valence-electron chi connectivity index (χ3n) is 3.19. The van der Waals surface area contributed by atoms with Crippen LogP contribution in [0.25, 0.3) is 11.0 Å². The highest BCUT2D eigenvalue weighted by molar-refractivity contribution is 7.98. The Hall–Kier alpha value is -1.49. The lowest BCUT2D eigenvalue weighted by atomic mass is 9.96. The number of hydrogen-bond acceptors (Lipinski definition) is 3. The van der Waals surface area contributed by atoms with E-state index >= 15 is 0 Å². The second-order valence-corrected chi connectivity index (χ2v) is 6.82. The Morgan fingerprint density at radius 1 is 1.40 bits per heavy atom. The molecule has 0 atom stereocenters. The predicted octanol–water partition coefficient (Wildman–Crippen LogP) is 3.40. The Morgan fingerprint density at radius 3 is 2.65 bits per heavy atom. The zero-order chi connectivity index (χ0) is 14.9. The molecule has 1 N–H and O–H groups in total. The van der Waals surface area contributed by atoms with Crippen molar-refractivity contribution >= 4 is 28.8 Å². The summed E-state index contributed by atoms with van der Waals surface area (Å²) in [4.78, 5) is 15.7. The summed E-state index contributed by atoms with van der Waals surface area (Å²) in [5.74, 6) is 1.10. The van der Waals surface area contributed by atoms with Crippen molar-refractivity contribution in [2.45, 2.75) is 32.7 Å². The van der Waals surface area contributed by atoms with Crippen LogP contribution in [0.5, 0.6) is 0 Å². The van der Waals surface area contributed by atoms with Gasteiger partial charge in [-0.1, -0.05) is 20.8 Å². The molecule has 0 radical (unpaired) electrons. The number of aromatic nitrogens is 2. The lowest BCUT2D eigenvalue weighted by molar-refractivity contribution is 0.0697. The molecule has 20 heavy (non-hydrogen) atoms. The number of aromatic carboxylic acids is 1. The molecular weight excluding hydrogens is 272 g/mol. The van der Waals surface area contributed by atoms with Crippen LogP contribution in [0.4, 0.5) is 0 Å². The molecule has 2 rings (SSSR count). The van der Waals surface area contributed by atoms with Crippen LogP contribution in [0.1, 0.15) is 37.0 Å². The third-order valence-corrected chi connectivity index (χ3v) is 3.78. The van der Waals surface area contributed by atoms with Crippen LogP contribution in [0.15, 0.2) is 18.2 Å². The number of benzene rings is 1. The van der Waals surface area contributed by atoms with E-state index in [1.54, 1.807) is 23.9 Å². The number of thioether (sulfide) groups is 1. The number of carbonyl (C=O) groups is 1. The predicted molar refractivity (Wildman–Crippen MR) is 83.8 cm³/mol. The van der Waals surface area contributed by atoms with Crippen LogP contribution in [-0.4, -0.2) is 32.6 Å². The molecule has 0 saturated carbocycles. The summed E-state index contributed by atoms with van der Waals surface area (Å²) in [6.07, 6.45) is 2.08. The minimum absolute atomic E-state index is 0.0686. The lowest BCUT2D eigenvalue weighted by Crippen LogP contribution is -2.19. The summed E-state index contributed by atoms with van der Waals surface area (Å²) in [5, 5.41) is 9.08. The number of hydrogen-bond donors (Lipinski definition) is 1. The highest BCUT2D eigenvalue weighted by atomic mass is 32.2. The van der Waals surface area contributed by atoms with Crippen LogP contribution in [0.3, 0.4) is 0 Å². The number of rotatable bonds is 4. The minimum atomic E-state index is -0.914. The Balaban J connectivity index is 2.62. The van der Waals surface area contributed by atoms with Gasteiger partial charge in [0.1, 0.15) is 5.82 Å². The molecule has 2 aromatic rings. The van der Waals surface area contributed by atoms with Crippen LogP contribution < -0.4 is 0 Å². The summed E-state index contributed by atoms with van der Waals surface area (Å²) in [5.41, 5.74) is 1.98. The van der Waals surface area contributed by atoms with Gasteiger partial charge in [-0.3, -0.25) is 0 Å². The summed E-state index contributed by atoms with van der Waals surface area (Å²) in [7, 11) is 0. The molecule has 0 unspecified atom stereocenters. The van der Waals surface area contributed by atoms with Crippen molar-refractivity contribution in [3.05, 3.63) is 29.6 Å².